The Morgan fingerprint density at radius 1 is 1.55 bits per heavy atom. The van der Waals surface area contributed by atoms with E-state index in [2.05, 4.69) is 18.9 Å². The molecule has 1 saturated heterocycles. The predicted molar refractivity (Wildman–Crippen MR) is 84.2 cm³/mol. The van der Waals surface area contributed by atoms with Gasteiger partial charge in [-0.15, -0.1) is 11.3 Å². The summed E-state index contributed by atoms with van der Waals surface area (Å²) in [5, 5.41) is 5.40. The molecule has 2 aromatic rings. The number of carbonyl (C=O) groups excluding carboxylic acids is 1. The molecular formula is C16H20N2O3S. The highest BCUT2D eigenvalue weighted by molar-refractivity contribution is 7.20. The highest BCUT2D eigenvalue weighted by Gasteiger charge is 2.61. The smallest absolute Gasteiger partial charge is 0.348 e. The summed E-state index contributed by atoms with van der Waals surface area (Å²) in [5.74, 6) is 0.140. The van der Waals surface area contributed by atoms with Crippen LogP contribution in [0.15, 0.2) is 6.07 Å². The van der Waals surface area contributed by atoms with Gasteiger partial charge in [0.2, 0.25) is 0 Å². The van der Waals surface area contributed by atoms with Crippen molar-refractivity contribution in [1.29, 1.82) is 0 Å². The van der Waals surface area contributed by atoms with Crippen molar-refractivity contribution in [3.63, 3.8) is 0 Å². The Hall–Kier alpha value is -1.40. The van der Waals surface area contributed by atoms with Crippen LogP contribution in [0.2, 0.25) is 0 Å². The molecule has 3 atom stereocenters. The number of rotatable bonds is 2. The topological polar surface area (TPSA) is 53.4 Å². The van der Waals surface area contributed by atoms with Crippen molar-refractivity contribution in [2.75, 3.05) is 6.61 Å². The van der Waals surface area contributed by atoms with Crippen molar-refractivity contribution in [3.8, 4) is 0 Å². The number of nitrogens with zero attached hydrogens (tertiary/aromatic N) is 2. The molecule has 0 N–H and O–H groups in total. The van der Waals surface area contributed by atoms with Crippen LogP contribution in [0, 0.1) is 18.3 Å². The van der Waals surface area contributed by atoms with Crippen LogP contribution in [-0.2, 0) is 16.5 Å². The van der Waals surface area contributed by atoms with Crippen LogP contribution in [0.3, 0.4) is 0 Å². The van der Waals surface area contributed by atoms with Gasteiger partial charge in [-0.2, -0.15) is 5.10 Å². The minimum atomic E-state index is -0.218. The van der Waals surface area contributed by atoms with E-state index in [-0.39, 0.29) is 23.6 Å². The number of hydrogen-bond donors (Lipinski definition) is 0. The van der Waals surface area contributed by atoms with E-state index in [4.69, 9.17) is 9.47 Å². The molecule has 1 aliphatic carbocycles. The molecule has 2 aromatic heterocycles. The zero-order valence-electron chi connectivity index (χ0n) is 13.3. The summed E-state index contributed by atoms with van der Waals surface area (Å²) in [6.45, 7) is 6.98. The number of fused-ring (bicyclic) bond motifs is 2. The lowest BCUT2D eigenvalue weighted by molar-refractivity contribution is -0.183. The van der Waals surface area contributed by atoms with Gasteiger partial charge in [0.1, 0.15) is 15.8 Å². The lowest BCUT2D eigenvalue weighted by atomic mass is 9.59. The van der Waals surface area contributed by atoms with Gasteiger partial charge in [-0.25, -0.2) is 4.79 Å². The van der Waals surface area contributed by atoms with Gasteiger partial charge in [0.25, 0.3) is 0 Å². The molecule has 118 valence electrons. The molecule has 0 spiro atoms. The molecule has 0 amide bonds. The summed E-state index contributed by atoms with van der Waals surface area (Å²) in [4.78, 5) is 14.2. The van der Waals surface area contributed by atoms with Gasteiger partial charge in [0.15, 0.2) is 0 Å². The number of ether oxygens (including phenoxy) is 2. The molecule has 4 rings (SSSR count). The van der Waals surface area contributed by atoms with Gasteiger partial charge in [0, 0.05) is 30.4 Å². The number of hydrogen-bond acceptors (Lipinski definition) is 5. The molecule has 6 heteroatoms. The van der Waals surface area contributed by atoms with Crippen molar-refractivity contribution in [2.45, 2.75) is 39.4 Å². The lowest BCUT2D eigenvalue weighted by Crippen LogP contribution is -2.61. The summed E-state index contributed by atoms with van der Waals surface area (Å²) >= 11 is 1.45. The van der Waals surface area contributed by atoms with Crippen molar-refractivity contribution in [1.82, 2.24) is 9.78 Å². The highest BCUT2D eigenvalue weighted by Crippen LogP contribution is 2.54. The van der Waals surface area contributed by atoms with Crippen molar-refractivity contribution in [3.05, 3.63) is 16.6 Å². The summed E-state index contributed by atoms with van der Waals surface area (Å²) in [6.07, 6.45) is 1.18. The molecule has 0 unspecified atom stereocenters. The van der Waals surface area contributed by atoms with Crippen molar-refractivity contribution >= 4 is 27.5 Å². The first kappa shape index (κ1) is 14.2. The van der Waals surface area contributed by atoms with Gasteiger partial charge in [-0.05, 0) is 19.4 Å². The molecule has 5 nitrogen and oxygen atoms in total. The number of aromatic nitrogens is 2. The van der Waals surface area contributed by atoms with E-state index in [0.29, 0.717) is 10.8 Å². The molecule has 0 aromatic carbocycles. The van der Waals surface area contributed by atoms with E-state index in [1.165, 1.54) is 11.3 Å². The van der Waals surface area contributed by atoms with Crippen LogP contribution in [0.4, 0.5) is 0 Å². The first-order chi connectivity index (χ1) is 10.4. The van der Waals surface area contributed by atoms with Crippen LogP contribution in [0.25, 0.3) is 10.2 Å². The quantitative estimate of drug-likeness (QED) is 0.798. The molecular weight excluding hydrogens is 300 g/mol. The average Bonchev–Trinajstić information content (AvgIpc) is 3.14. The Labute approximate surface area is 133 Å². The SMILES string of the molecule is Cc1nn(C)c2sc(C(=O)O[C@H]3[C@H]4CCO[C@@H]4C3(C)C)cc12. The van der Waals surface area contributed by atoms with E-state index in [1.54, 1.807) is 0 Å². The average molecular weight is 320 g/mol. The normalized spacial score (nSPS) is 29.4. The molecule has 2 aliphatic rings. The molecule has 3 heterocycles. The van der Waals surface area contributed by atoms with Crippen LogP contribution in [-0.4, -0.2) is 34.6 Å². The second-order valence-electron chi connectivity index (χ2n) is 6.93. The van der Waals surface area contributed by atoms with Gasteiger partial charge in [-0.1, -0.05) is 13.8 Å². The minimum absolute atomic E-state index is 0.0445. The largest absolute Gasteiger partial charge is 0.457 e. The standard InChI is InChI=1S/C16H20N2O3S/c1-8-10-7-11(22-14(10)18(4)17-8)15(19)21-13-9-5-6-20-12(9)16(13,2)3/h7,9,12-13H,5-6H2,1-4H3/t9-,12-,13-/m0/s1. The van der Waals surface area contributed by atoms with Crippen LogP contribution >= 0.6 is 11.3 Å². The third-order valence-electron chi connectivity index (χ3n) is 5.12. The van der Waals surface area contributed by atoms with Gasteiger partial charge >= 0.3 is 5.97 Å². The second-order valence-corrected chi connectivity index (χ2v) is 7.96. The fourth-order valence-electron chi connectivity index (χ4n) is 4.00. The zero-order chi connectivity index (χ0) is 15.6. The van der Waals surface area contributed by atoms with Gasteiger partial charge < -0.3 is 9.47 Å². The Balaban J connectivity index is 1.57. The van der Waals surface area contributed by atoms with Crippen LogP contribution < -0.4 is 0 Å². The van der Waals surface area contributed by atoms with E-state index in [0.717, 1.165) is 28.9 Å². The maximum Gasteiger partial charge on any atom is 0.348 e. The summed E-state index contributed by atoms with van der Waals surface area (Å²) in [5.41, 5.74) is 0.853. The monoisotopic (exact) mass is 320 g/mol. The summed E-state index contributed by atoms with van der Waals surface area (Å²) in [7, 11) is 1.90. The number of aryl methyl sites for hydroxylation is 2. The highest BCUT2D eigenvalue weighted by atomic mass is 32.1. The Kier molecular flexibility index (Phi) is 2.94. The molecule has 0 bridgehead atoms. The van der Waals surface area contributed by atoms with E-state index in [9.17, 15) is 4.79 Å². The number of carbonyl (C=O) groups is 1. The molecule has 0 radical (unpaired) electrons. The fraction of sp³-hybridized carbons (Fsp3) is 0.625. The Morgan fingerprint density at radius 2 is 2.32 bits per heavy atom. The molecule has 1 saturated carbocycles. The first-order valence-corrected chi connectivity index (χ1v) is 8.47. The third-order valence-corrected chi connectivity index (χ3v) is 6.31. The number of esters is 1. The fourth-order valence-corrected chi connectivity index (χ4v) is 5.00. The third kappa shape index (κ3) is 1.80. The van der Waals surface area contributed by atoms with E-state index >= 15 is 0 Å². The lowest BCUT2D eigenvalue weighted by Gasteiger charge is -2.53. The maximum absolute atomic E-state index is 12.5. The second kappa shape index (κ2) is 4.55. The molecule has 2 fully saturated rings. The Bertz CT molecular complexity index is 726. The predicted octanol–water partition coefficient (Wildman–Crippen LogP) is 2.91. The number of thiophene rings is 1. The van der Waals surface area contributed by atoms with E-state index < -0.39 is 0 Å². The molecule has 22 heavy (non-hydrogen) atoms. The van der Waals surface area contributed by atoms with Crippen molar-refractivity contribution < 1.29 is 14.3 Å². The van der Waals surface area contributed by atoms with Crippen LogP contribution in [0.1, 0.15) is 35.6 Å². The van der Waals surface area contributed by atoms with E-state index in [1.807, 2.05) is 24.7 Å². The molecule has 1 aliphatic heterocycles. The summed E-state index contributed by atoms with van der Waals surface area (Å²) < 4.78 is 13.4. The van der Waals surface area contributed by atoms with Crippen LogP contribution in [0.5, 0.6) is 0 Å². The first-order valence-electron chi connectivity index (χ1n) is 7.65. The summed E-state index contributed by atoms with van der Waals surface area (Å²) in [6, 6.07) is 1.90. The maximum atomic E-state index is 12.5. The van der Waals surface area contributed by atoms with Crippen molar-refractivity contribution in [2.24, 2.45) is 18.4 Å². The van der Waals surface area contributed by atoms with Gasteiger partial charge in [-0.3, -0.25) is 4.68 Å². The minimum Gasteiger partial charge on any atom is -0.457 e. The van der Waals surface area contributed by atoms with Gasteiger partial charge in [0.05, 0.1) is 11.8 Å². The Morgan fingerprint density at radius 3 is 3.05 bits per heavy atom. The zero-order valence-corrected chi connectivity index (χ0v) is 14.1.